The Hall–Kier alpha value is -4.14. The van der Waals surface area contributed by atoms with E-state index in [2.05, 4.69) is 125 Å². The van der Waals surface area contributed by atoms with E-state index in [4.69, 9.17) is 4.99 Å². The van der Waals surface area contributed by atoms with E-state index >= 15 is 0 Å². The number of piperazine rings is 1. The molecule has 5 rings (SSSR count). The number of aryl methyl sites for hydroxylation is 1. The molecule has 1 amide bonds. The van der Waals surface area contributed by atoms with Crippen LogP contribution in [0.4, 0.5) is 0 Å². The smallest absolute Gasteiger partial charge is 0.241 e. The minimum atomic E-state index is -0.0685. The molecule has 0 radical (unpaired) electrons. The monoisotopic (exact) mass is 615 g/mol. The van der Waals surface area contributed by atoms with Gasteiger partial charge in [-0.05, 0) is 95.2 Å². The second kappa shape index (κ2) is 15.4. The first-order chi connectivity index (χ1) is 22.1. The summed E-state index contributed by atoms with van der Waals surface area (Å²) < 4.78 is 0. The third-order valence-electron chi connectivity index (χ3n) is 9.55. The molecular weight excluding hydrogens is 562 g/mol. The van der Waals surface area contributed by atoms with Crippen molar-refractivity contribution in [3.63, 3.8) is 0 Å². The van der Waals surface area contributed by atoms with E-state index in [9.17, 15) is 4.79 Å². The number of rotatable bonds is 9. The summed E-state index contributed by atoms with van der Waals surface area (Å²) in [4.78, 5) is 22.1. The highest BCUT2D eigenvalue weighted by Gasteiger charge is 2.35. The van der Waals surface area contributed by atoms with Crippen LogP contribution >= 0.6 is 0 Å². The summed E-state index contributed by atoms with van der Waals surface area (Å²) in [7, 11) is 1.88. The summed E-state index contributed by atoms with van der Waals surface area (Å²) >= 11 is 0. The van der Waals surface area contributed by atoms with Crippen LogP contribution in [-0.4, -0.2) is 47.6 Å². The molecule has 3 atom stereocenters. The van der Waals surface area contributed by atoms with Crippen molar-refractivity contribution >= 4 is 33.5 Å². The zero-order chi connectivity index (χ0) is 33.5. The Balaban J connectivity index is 0.00000235. The van der Waals surface area contributed by atoms with Gasteiger partial charge in [-0.15, -0.1) is 5.73 Å². The highest BCUT2D eigenvalue weighted by molar-refractivity contribution is 5.92. The highest BCUT2D eigenvalue weighted by atomic mass is 16.2. The summed E-state index contributed by atoms with van der Waals surface area (Å²) in [6.45, 7) is 22.1. The summed E-state index contributed by atoms with van der Waals surface area (Å²) in [6.07, 6.45) is 6.16. The lowest BCUT2D eigenvalue weighted by Crippen LogP contribution is -2.56. The predicted molar refractivity (Wildman–Crippen MR) is 198 cm³/mol. The van der Waals surface area contributed by atoms with Gasteiger partial charge in [0.05, 0.1) is 18.3 Å². The number of hydrogen-bond donors (Lipinski definition) is 0. The maximum Gasteiger partial charge on any atom is 0.241 e. The van der Waals surface area contributed by atoms with Gasteiger partial charge in [0.2, 0.25) is 5.91 Å². The van der Waals surface area contributed by atoms with Crippen LogP contribution in [0.15, 0.2) is 95.9 Å². The van der Waals surface area contributed by atoms with Gasteiger partial charge in [0, 0.05) is 31.9 Å². The maximum atomic E-state index is 13.0. The summed E-state index contributed by atoms with van der Waals surface area (Å²) in [5, 5.41) is 2.46. The normalized spacial score (nSPS) is 20.4. The molecule has 3 aromatic rings. The van der Waals surface area contributed by atoms with Gasteiger partial charge >= 0.3 is 0 Å². The van der Waals surface area contributed by atoms with Crippen LogP contribution in [0.3, 0.4) is 0 Å². The molecule has 1 aliphatic heterocycles. The van der Waals surface area contributed by atoms with Crippen molar-refractivity contribution < 1.29 is 4.79 Å². The second-order valence-electron chi connectivity index (χ2n) is 13.0. The number of carbonyl (C=O) groups excluding carboxylic acids is 1. The molecule has 1 heterocycles. The Morgan fingerprint density at radius 3 is 2.41 bits per heavy atom. The fourth-order valence-electron chi connectivity index (χ4n) is 6.46. The quantitative estimate of drug-likeness (QED) is 0.177. The van der Waals surface area contributed by atoms with Crippen molar-refractivity contribution in [3.8, 4) is 0 Å². The third-order valence-corrected chi connectivity index (χ3v) is 9.55. The molecule has 3 unspecified atom stereocenters. The number of benzene rings is 3. The number of fused-ring (bicyclic) bond motifs is 1. The summed E-state index contributed by atoms with van der Waals surface area (Å²) in [6, 6.07) is 21.9. The minimum Gasteiger partial charge on any atom is -0.349 e. The van der Waals surface area contributed by atoms with Crippen LogP contribution < -0.4 is 0 Å². The van der Waals surface area contributed by atoms with E-state index in [0.29, 0.717) is 24.8 Å². The Bertz CT molecular complexity index is 1700. The fraction of sp³-hybridized carbons (Fsp3) is 0.405. The topological polar surface area (TPSA) is 35.9 Å². The number of nitrogens with zero attached hydrogens (tertiary/aromatic N) is 3. The average Bonchev–Trinajstić information content (AvgIpc) is 3.80. The first-order valence-electron chi connectivity index (χ1n) is 17.0. The number of carbonyl (C=O) groups is 1. The predicted octanol–water partition coefficient (Wildman–Crippen LogP) is 10.1. The van der Waals surface area contributed by atoms with Gasteiger partial charge in [-0.1, -0.05) is 102 Å². The van der Waals surface area contributed by atoms with E-state index in [1.165, 1.54) is 50.6 Å². The number of aliphatic imine (C=N–C) groups is 1. The van der Waals surface area contributed by atoms with Crippen molar-refractivity contribution in [3.05, 3.63) is 113 Å². The molecule has 2 fully saturated rings. The molecule has 4 heteroatoms. The Morgan fingerprint density at radius 2 is 1.78 bits per heavy atom. The Kier molecular flexibility index (Phi) is 11.7. The first kappa shape index (κ1) is 34.7. The van der Waals surface area contributed by atoms with Crippen LogP contribution in [0.25, 0.3) is 21.9 Å². The molecule has 2 aliphatic rings. The standard InChI is InChI=1S/C40H47N3O.C2H6/c1-9-30(37-22-34(16-15-27(37)5)36-19-28(36)6)21-35(10-2)43-25-40(44)42(8)24-39(43)29(7)41-23-38(26(3)4)33-18-17-31-13-11-12-14-32(31)20-33;1-2/h9,11-18,20,22-23,26,28,36,39H,2,19,21,24-25H2,1,3-8H3;1-2H3/b30-9+,38-23+,41-29?;. The largest absolute Gasteiger partial charge is 0.349 e. The summed E-state index contributed by atoms with van der Waals surface area (Å²) in [5.41, 5.74) is 12.7. The molecule has 0 bridgehead atoms. The van der Waals surface area contributed by atoms with Crippen LogP contribution in [0.5, 0.6) is 0 Å². The second-order valence-corrected chi connectivity index (χ2v) is 13.0. The molecule has 1 saturated carbocycles. The van der Waals surface area contributed by atoms with E-state index in [1.807, 2.05) is 32.0 Å². The van der Waals surface area contributed by atoms with Crippen LogP contribution in [0.1, 0.15) is 89.5 Å². The number of amides is 1. The molecule has 1 aliphatic carbocycles. The molecule has 46 heavy (non-hydrogen) atoms. The lowest BCUT2D eigenvalue weighted by Gasteiger charge is -2.41. The molecule has 3 aromatic carbocycles. The molecule has 0 N–H and O–H groups in total. The van der Waals surface area contributed by atoms with Gasteiger partial charge in [0.15, 0.2) is 0 Å². The summed E-state index contributed by atoms with van der Waals surface area (Å²) in [5.74, 6) is 1.82. The molecule has 4 nitrogen and oxygen atoms in total. The van der Waals surface area contributed by atoms with Gasteiger partial charge in [0.1, 0.15) is 0 Å². The number of allylic oxidation sites excluding steroid dienone is 3. The van der Waals surface area contributed by atoms with Gasteiger partial charge < -0.3 is 9.80 Å². The SMILES string of the molecule is C=C=C(C/C(=C\C)c1cc(C2CC2C)ccc1C)N1CC(=O)N(C)CC1C(C)=N/C=C(/c1ccc2ccccc2c1)C(C)C.CC. The van der Waals surface area contributed by atoms with Crippen molar-refractivity contribution in [2.45, 2.75) is 80.2 Å². The molecule has 242 valence electrons. The Morgan fingerprint density at radius 1 is 1.09 bits per heavy atom. The lowest BCUT2D eigenvalue weighted by atomic mass is 9.92. The molecule has 0 spiro atoms. The van der Waals surface area contributed by atoms with Crippen LogP contribution in [0, 0.1) is 18.8 Å². The third kappa shape index (κ3) is 7.80. The van der Waals surface area contributed by atoms with Crippen molar-refractivity contribution in [1.82, 2.24) is 9.80 Å². The van der Waals surface area contributed by atoms with E-state index < -0.39 is 0 Å². The zero-order valence-corrected chi connectivity index (χ0v) is 29.5. The lowest BCUT2D eigenvalue weighted by molar-refractivity contribution is -0.134. The molecule has 0 aromatic heterocycles. The fourth-order valence-corrected chi connectivity index (χ4v) is 6.46. The maximum absolute atomic E-state index is 13.0. The van der Waals surface area contributed by atoms with Crippen molar-refractivity contribution in [2.24, 2.45) is 16.8 Å². The van der Waals surface area contributed by atoms with Crippen molar-refractivity contribution in [1.29, 1.82) is 0 Å². The Labute approximate surface area is 277 Å². The van der Waals surface area contributed by atoms with Gasteiger partial charge in [-0.3, -0.25) is 9.79 Å². The van der Waals surface area contributed by atoms with E-state index in [0.717, 1.165) is 17.3 Å². The highest BCUT2D eigenvalue weighted by Crippen LogP contribution is 2.47. The average molecular weight is 616 g/mol. The van der Waals surface area contributed by atoms with Crippen LogP contribution in [-0.2, 0) is 4.79 Å². The van der Waals surface area contributed by atoms with Gasteiger partial charge in [-0.25, -0.2) is 0 Å². The van der Waals surface area contributed by atoms with Gasteiger partial charge in [0.25, 0.3) is 0 Å². The zero-order valence-electron chi connectivity index (χ0n) is 29.5. The molecular formula is C42H53N3O. The minimum absolute atomic E-state index is 0.0685. The van der Waals surface area contributed by atoms with E-state index in [1.54, 1.807) is 0 Å². The number of hydrogen-bond acceptors (Lipinski definition) is 3. The van der Waals surface area contributed by atoms with Gasteiger partial charge in [-0.2, -0.15) is 0 Å². The van der Waals surface area contributed by atoms with Crippen LogP contribution in [0.2, 0.25) is 0 Å². The molecule has 1 saturated heterocycles. The first-order valence-corrected chi connectivity index (χ1v) is 17.0. The number of likely N-dealkylation sites (N-methyl/N-ethyl adjacent to an activating group) is 1. The van der Waals surface area contributed by atoms with Crippen molar-refractivity contribution in [2.75, 3.05) is 20.1 Å². The van der Waals surface area contributed by atoms with E-state index in [-0.39, 0.29) is 18.5 Å².